The molecule has 0 radical (unpaired) electrons. The van der Waals surface area contributed by atoms with Crippen LogP contribution < -0.4 is 5.73 Å². The zero-order chi connectivity index (χ0) is 15.4. The van der Waals surface area contributed by atoms with E-state index in [0.29, 0.717) is 12.0 Å². The average molecular weight is 288 g/mol. The van der Waals surface area contributed by atoms with Crippen molar-refractivity contribution in [2.24, 2.45) is 11.7 Å². The fourth-order valence-electron chi connectivity index (χ4n) is 3.96. The van der Waals surface area contributed by atoms with E-state index in [1.165, 1.54) is 42.4 Å². The van der Waals surface area contributed by atoms with E-state index in [2.05, 4.69) is 50.8 Å². The summed E-state index contributed by atoms with van der Waals surface area (Å²) in [6, 6.07) is 7.71. The van der Waals surface area contributed by atoms with Crippen molar-refractivity contribution >= 4 is 0 Å². The number of rotatable bonds is 6. The van der Waals surface area contributed by atoms with Crippen LogP contribution in [-0.4, -0.2) is 24.0 Å². The summed E-state index contributed by atoms with van der Waals surface area (Å²) in [5, 5.41) is 0. The number of hydrogen-bond acceptors (Lipinski definition) is 2. The molecule has 1 saturated carbocycles. The van der Waals surface area contributed by atoms with Gasteiger partial charge in [-0.05, 0) is 49.3 Å². The van der Waals surface area contributed by atoms with Crippen LogP contribution in [0.25, 0.3) is 0 Å². The predicted molar refractivity (Wildman–Crippen MR) is 91.5 cm³/mol. The second kappa shape index (κ2) is 7.42. The molecule has 1 aliphatic rings. The molecule has 1 unspecified atom stereocenters. The third-order valence-electron chi connectivity index (χ3n) is 4.87. The van der Waals surface area contributed by atoms with E-state index in [1.807, 2.05) is 0 Å². The second-order valence-corrected chi connectivity index (χ2v) is 7.09. The molecule has 2 rings (SSSR count). The quantitative estimate of drug-likeness (QED) is 0.850. The molecule has 2 nitrogen and oxygen atoms in total. The molecule has 0 amide bonds. The van der Waals surface area contributed by atoms with E-state index in [-0.39, 0.29) is 0 Å². The Morgan fingerprint density at radius 2 is 1.71 bits per heavy atom. The van der Waals surface area contributed by atoms with Gasteiger partial charge in [-0.3, -0.25) is 4.90 Å². The summed E-state index contributed by atoms with van der Waals surface area (Å²) in [6.45, 7) is 11.0. The van der Waals surface area contributed by atoms with Gasteiger partial charge in [-0.1, -0.05) is 44.9 Å². The Morgan fingerprint density at radius 3 is 2.19 bits per heavy atom. The Morgan fingerprint density at radius 1 is 1.14 bits per heavy atom. The normalized spacial score (nSPS) is 17.9. The molecule has 1 aromatic rings. The van der Waals surface area contributed by atoms with Gasteiger partial charge in [-0.25, -0.2) is 0 Å². The fraction of sp³-hybridized carbons (Fsp3) is 0.684. The molecule has 1 aromatic carbocycles. The lowest BCUT2D eigenvalue weighted by Crippen LogP contribution is -2.42. The molecule has 118 valence electrons. The summed E-state index contributed by atoms with van der Waals surface area (Å²) in [7, 11) is 0. The van der Waals surface area contributed by atoms with Crippen LogP contribution in [0, 0.1) is 19.8 Å². The number of nitrogens with two attached hydrogens (primary N) is 1. The van der Waals surface area contributed by atoms with Gasteiger partial charge in [0.15, 0.2) is 0 Å². The van der Waals surface area contributed by atoms with Crippen LogP contribution in [0.3, 0.4) is 0 Å². The summed E-state index contributed by atoms with van der Waals surface area (Å²) in [6.07, 6.45) is 5.44. The maximum absolute atomic E-state index is 6.25. The molecule has 1 aliphatic carbocycles. The van der Waals surface area contributed by atoms with Crippen molar-refractivity contribution in [3.63, 3.8) is 0 Å². The first-order valence-corrected chi connectivity index (χ1v) is 8.56. The van der Waals surface area contributed by atoms with Gasteiger partial charge in [0.1, 0.15) is 0 Å². The van der Waals surface area contributed by atoms with Gasteiger partial charge in [0, 0.05) is 25.2 Å². The molecule has 0 spiro atoms. The molecule has 1 fully saturated rings. The minimum absolute atomic E-state index is 0.372. The smallest absolute Gasteiger partial charge is 0.0478 e. The van der Waals surface area contributed by atoms with Crippen LogP contribution in [0.1, 0.15) is 62.3 Å². The maximum atomic E-state index is 6.25. The van der Waals surface area contributed by atoms with Crippen LogP contribution in [0.15, 0.2) is 18.2 Å². The van der Waals surface area contributed by atoms with Crippen LogP contribution in [0.5, 0.6) is 0 Å². The summed E-state index contributed by atoms with van der Waals surface area (Å²) in [4.78, 5) is 2.72. The molecule has 2 N–H and O–H groups in total. The minimum atomic E-state index is 0.372. The zero-order valence-corrected chi connectivity index (χ0v) is 14.2. The average Bonchev–Trinajstić information content (AvgIpc) is 2.94. The summed E-state index contributed by atoms with van der Waals surface area (Å²) in [5.74, 6) is 0.684. The summed E-state index contributed by atoms with van der Waals surface area (Å²) >= 11 is 0. The zero-order valence-electron chi connectivity index (χ0n) is 14.2. The molecule has 2 heteroatoms. The minimum Gasteiger partial charge on any atom is -0.329 e. The van der Waals surface area contributed by atoms with Gasteiger partial charge in [0.25, 0.3) is 0 Å². The van der Waals surface area contributed by atoms with Crippen LogP contribution >= 0.6 is 0 Å². The van der Waals surface area contributed by atoms with E-state index >= 15 is 0 Å². The Labute approximate surface area is 130 Å². The van der Waals surface area contributed by atoms with E-state index < -0.39 is 0 Å². The van der Waals surface area contributed by atoms with Crippen molar-refractivity contribution in [2.75, 3.05) is 13.1 Å². The van der Waals surface area contributed by atoms with Crippen LogP contribution in [-0.2, 0) is 0 Å². The predicted octanol–water partition coefficient (Wildman–Crippen LogP) is 4.20. The highest BCUT2D eigenvalue weighted by Crippen LogP contribution is 2.34. The molecule has 0 aliphatic heterocycles. The Kier molecular flexibility index (Phi) is 5.83. The van der Waals surface area contributed by atoms with Crippen molar-refractivity contribution in [3.8, 4) is 0 Å². The Bertz CT molecular complexity index is 427. The highest BCUT2D eigenvalue weighted by atomic mass is 15.2. The van der Waals surface area contributed by atoms with Crippen molar-refractivity contribution in [2.45, 2.75) is 65.5 Å². The lowest BCUT2D eigenvalue weighted by molar-refractivity contribution is 0.121. The van der Waals surface area contributed by atoms with Crippen molar-refractivity contribution in [1.29, 1.82) is 0 Å². The first kappa shape index (κ1) is 16.5. The number of hydrogen-bond donors (Lipinski definition) is 1. The molecule has 0 aromatic heterocycles. The Balaban J connectivity index is 2.34. The third-order valence-corrected chi connectivity index (χ3v) is 4.87. The SMILES string of the molecule is Cc1cccc(C)c1C(CN)N(CC(C)C)C1CCCC1. The van der Waals surface area contributed by atoms with Crippen molar-refractivity contribution in [3.05, 3.63) is 34.9 Å². The molecule has 0 saturated heterocycles. The second-order valence-electron chi connectivity index (χ2n) is 7.09. The monoisotopic (exact) mass is 288 g/mol. The standard InChI is InChI=1S/C19H32N2/c1-14(2)13-21(17-10-5-6-11-17)18(12-20)19-15(3)8-7-9-16(19)4/h7-9,14,17-18H,5-6,10-13,20H2,1-4H3. The fourth-order valence-corrected chi connectivity index (χ4v) is 3.96. The number of benzene rings is 1. The molecule has 0 heterocycles. The molecular weight excluding hydrogens is 256 g/mol. The summed E-state index contributed by atoms with van der Waals surface area (Å²) < 4.78 is 0. The first-order valence-electron chi connectivity index (χ1n) is 8.56. The summed E-state index contributed by atoms with van der Waals surface area (Å²) in [5.41, 5.74) is 10.5. The van der Waals surface area contributed by atoms with E-state index in [1.54, 1.807) is 0 Å². The number of aryl methyl sites for hydroxylation is 2. The molecule has 21 heavy (non-hydrogen) atoms. The lowest BCUT2D eigenvalue weighted by Gasteiger charge is -2.38. The van der Waals surface area contributed by atoms with Gasteiger partial charge < -0.3 is 5.73 Å². The van der Waals surface area contributed by atoms with Gasteiger partial charge in [0.2, 0.25) is 0 Å². The van der Waals surface area contributed by atoms with Gasteiger partial charge in [-0.2, -0.15) is 0 Å². The van der Waals surface area contributed by atoms with E-state index in [0.717, 1.165) is 19.1 Å². The first-order chi connectivity index (χ1) is 10.0. The maximum Gasteiger partial charge on any atom is 0.0478 e. The van der Waals surface area contributed by atoms with Gasteiger partial charge in [-0.15, -0.1) is 0 Å². The topological polar surface area (TPSA) is 29.3 Å². The van der Waals surface area contributed by atoms with Crippen LogP contribution in [0.2, 0.25) is 0 Å². The van der Waals surface area contributed by atoms with Crippen LogP contribution in [0.4, 0.5) is 0 Å². The Hall–Kier alpha value is -0.860. The molecular formula is C19H32N2. The van der Waals surface area contributed by atoms with E-state index in [9.17, 15) is 0 Å². The highest BCUT2D eigenvalue weighted by Gasteiger charge is 2.30. The van der Waals surface area contributed by atoms with Crippen molar-refractivity contribution in [1.82, 2.24) is 4.90 Å². The highest BCUT2D eigenvalue weighted by molar-refractivity contribution is 5.36. The number of nitrogens with zero attached hydrogens (tertiary/aromatic N) is 1. The third kappa shape index (κ3) is 3.87. The van der Waals surface area contributed by atoms with Crippen molar-refractivity contribution < 1.29 is 0 Å². The van der Waals surface area contributed by atoms with Gasteiger partial charge in [0.05, 0.1) is 0 Å². The molecule has 0 bridgehead atoms. The lowest BCUT2D eigenvalue weighted by atomic mass is 9.93. The van der Waals surface area contributed by atoms with Gasteiger partial charge >= 0.3 is 0 Å². The molecule has 1 atom stereocenters. The van der Waals surface area contributed by atoms with E-state index in [4.69, 9.17) is 5.73 Å². The largest absolute Gasteiger partial charge is 0.329 e.